The number of fused-ring (bicyclic) bond motifs is 1. The minimum Gasteiger partial charge on any atom is -0.282 e. The maximum Gasteiger partial charge on any atom is 0.240 e. The van der Waals surface area contributed by atoms with Gasteiger partial charge in [-0.25, -0.2) is 4.31 Å². The van der Waals surface area contributed by atoms with Gasteiger partial charge in [-0.1, -0.05) is 19.9 Å². The number of hydrogen-bond acceptors (Lipinski definition) is 3. The van der Waals surface area contributed by atoms with E-state index in [1.54, 1.807) is 6.08 Å². The molecule has 2 saturated carbocycles. The molecule has 1 heterocycles. The van der Waals surface area contributed by atoms with Gasteiger partial charge in [-0.2, -0.15) is 0 Å². The van der Waals surface area contributed by atoms with Crippen LogP contribution in [-0.2, 0) is 4.79 Å². The molecule has 1 saturated heterocycles. The monoisotopic (exact) mass is 313 g/mol. The zero-order chi connectivity index (χ0) is 15.5. The molecule has 0 unspecified atom stereocenters. The first-order valence-electron chi connectivity index (χ1n) is 7.95. The highest BCUT2D eigenvalue weighted by atomic mass is 32.3. The molecule has 2 aliphatic carbocycles. The number of carbonyl (C=O) groups is 1. The van der Waals surface area contributed by atoms with E-state index >= 15 is 0 Å². The van der Waals surface area contributed by atoms with Crippen LogP contribution in [0.15, 0.2) is 12.7 Å². The number of carbonyl (C=O) groups excluding carboxylic acids is 1. The molecule has 3 fully saturated rings. The van der Waals surface area contributed by atoms with Crippen molar-refractivity contribution in [2.75, 3.05) is 5.75 Å². The second kappa shape index (κ2) is 4.74. The molecule has 3 rings (SSSR count). The highest BCUT2D eigenvalue weighted by Crippen LogP contribution is 2.76. The molecular weight excluding hydrogens is 286 g/mol. The van der Waals surface area contributed by atoms with E-state index in [2.05, 4.69) is 20.4 Å². The standard InChI is InChI=1S/C16H27NO3S/c1-4-5-6-7-14(18)17-13-10-12-8-9-16(13,15(12,2)3)11-21(17,19)20/h4,12-13,19-20H,1,5-11H2,2-3H3/t12-,13-,16-/m0/s1. The summed E-state index contributed by atoms with van der Waals surface area (Å²) >= 11 is 0. The lowest BCUT2D eigenvalue weighted by Crippen LogP contribution is -2.43. The van der Waals surface area contributed by atoms with Gasteiger partial charge in [0.1, 0.15) is 0 Å². The number of nitrogens with zero attached hydrogens (tertiary/aromatic N) is 1. The fraction of sp³-hybridized carbons (Fsp3) is 0.812. The minimum atomic E-state index is -2.94. The topological polar surface area (TPSA) is 60.8 Å². The Morgan fingerprint density at radius 3 is 2.81 bits per heavy atom. The summed E-state index contributed by atoms with van der Waals surface area (Å²) in [5.74, 6) is 0.921. The number of amides is 1. The van der Waals surface area contributed by atoms with Gasteiger partial charge in [0.05, 0.1) is 11.8 Å². The number of hydrogen-bond donors (Lipinski definition) is 2. The van der Waals surface area contributed by atoms with E-state index in [-0.39, 0.29) is 22.8 Å². The summed E-state index contributed by atoms with van der Waals surface area (Å²) in [5.41, 5.74) is 0.0299. The van der Waals surface area contributed by atoms with Gasteiger partial charge in [-0.3, -0.25) is 13.9 Å². The maximum absolute atomic E-state index is 12.6. The van der Waals surface area contributed by atoms with Crippen LogP contribution in [0.2, 0.25) is 0 Å². The molecular formula is C16H27NO3S. The van der Waals surface area contributed by atoms with E-state index in [1.165, 1.54) is 4.31 Å². The van der Waals surface area contributed by atoms with E-state index in [9.17, 15) is 13.9 Å². The Balaban J connectivity index is 1.86. The zero-order valence-electron chi connectivity index (χ0n) is 13.0. The normalized spacial score (nSPS) is 40.1. The minimum absolute atomic E-state index is 0.0347. The fourth-order valence-corrected chi connectivity index (χ4v) is 7.81. The predicted octanol–water partition coefficient (Wildman–Crippen LogP) is 4.05. The highest BCUT2D eigenvalue weighted by Gasteiger charge is 2.72. The average Bonchev–Trinajstić information content (AvgIpc) is 2.85. The van der Waals surface area contributed by atoms with Crippen LogP contribution in [0, 0.1) is 16.7 Å². The molecule has 0 aromatic carbocycles. The summed E-state index contributed by atoms with van der Waals surface area (Å²) in [5, 5.41) is 0. The number of allylic oxidation sites excluding steroid dienone is 1. The Hall–Kier alpha value is -0.520. The van der Waals surface area contributed by atoms with E-state index in [4.69, 9.17) is 0 Å². The van der Waals surface area contributed by atoms with Crippen molar-refractivity contribution < 1.29 is 13.9 Å². The van der Waals surface area contributed by atoms with Crippen LogP contribution in [0.1, 0.15) is 52.4 Å². The van der Waals surface area contributed by atoms with Crippen LogP contribution < -0.4 is 0 Å². The lowest BCUT2D eigenvalue weighted by molar-refractivity contribution is -0.129. The predicted molar refractivity (Wildman–Crippen MR) is 86.0 cm³/mol. The van der Waals surface area contributed by atoms with Crippen LogP contribution in [0.5, 0.6) is 0 Å². The second-order valence-corrected chi connectivity index (χ2v) is 9.49. The Kier molecular flexibility index (Phi) is 3.47. The summed E-state index contributed by atoms with van der Waals surface area (Å²) in [7, 11) is -2.94. The van der Waals surface area contributed by atoms with Crippen molar-refractivity contribution in [3.63, 3.8) is 0 Å². The summed E-state index contributed by atoms with van der Waals surface area (Å²) in [6, 6.07) is 0.0347. The van der Waals surface area contributed by atoms with E-state index in [0.717, 1.165) is 32.1 Å². The third-order valence-electron chi connectivity index (χ3n) is 6.48. The summed E-state index contributed by atoms with van der Waals surface area (Å²) in [6.45, 7) is 8.18. The molecule has 21 heavy (non-hydrogen) atoms. The summed E-state index contributed by atoms with van der Waals surface area (Å²) in [4.78, 5) is 12.6. The molecule has 120 valence electrons. The third-order valence-corrected chi connectivity index (χ3v) is 8.47. The highest BCUT2D eigenvalue weighted by molar-refractivity contribution is 8.22. The Labute approximate surface area is 129 Å². The molecule has 4 nitrogen and oxygen atoms in total. The first-order chi connectivity index (χ1) is 9.76. The average molecular weight is 313 g/mol. The molecule has 1 spiro atoms. The fourth-order valence-electron chi connectivity index (χ4n) is 5.16. The van der Waals surface area contributed by atoms with Crippen LogP contribution in [-0.4, -0.2) is 31.1 Å². The molecule has 1 amide bonds. The van der Waals surface area contributed by atoms with Gasteiger partial charge in [0.15, 0.2) is 0 Å². The first kappa shape index (κ1) is 15.4. The van der Waals surface area contributed by atoms with E-state index in [1.807, 2.05) is 0 Å². The smallest absolute Gasteiger partial charge is 0.240 e. The van der Waals surface area contributed by atoms with Crippen molar-refractivity contribution in [3.8, 4) is 0 Å². The Morgan fingerprint density at radius 1 is 1.48 bits per heavy atom. The van der Waals surface area contributed by atoms with Crippen LogP contribution in [0.3, 0.4) is 0 Å². The van der Waals surface area contributed by atoms with Crippen molar-refractivity contribution >= 4 is 16.7 Å². The van der Waals surface area contributed by atoms with Crippen LogP contribution in [0.25, 0.3) is 0 Å². The summed E-state index contributed by atoms with van der Waals surface area (Å²) in [6.07, 6.45) is 6.86. The Bertz CT molecular complexity index is 476. The number of unbranched alkanes of at least 4 members (excludes halogenated alkanes) is 1. The lowest BCUT2D eigenvalue weighted by atomic mass is 9.69. The van der Waals surface area contributed by atoms with Crippen LogP contribution in [0.4, 0.5) is 0 Å². The molecule has 2 bridgehead atoms. The molecule has 0 aromatic rings. The lowest BCUT2D eigenvalue weighted by Gasteiger charge is -2.40. The van der Waals surface area contributed by atoms with Crippen molar-refractivity contribution in [1.29, 1.82) is 0 Å². The number of rotatable bonds is 4. The van der Waals surface area contributed by atoms with Gasteiger partial charge in [-0.05, 0) is 43.4 Å². The summed E-state index contributed by atoms with van der Waals surface area (Å²) < 4.78 is 22.6. The van der Waals surface area contributed by atoms with Gasteiger partial charge < -0.3 is 0 Å². The van der Waals surface area contributed by atoms with Crippen molar-refractivity contribution in [2.45, 2.75) is 58.4 Å². The molecule has 3 aliphatic rings. The molecule has 0 aromatic heterocycles. The van der Waals surface area contributed by atoms with Crippen LogP contribution >= 0.6 is 10.8 Å². The third kappa shape index (κ3) is 1.93. The van der Waals surface area contributed by atoms with Crippen molar-refractivity contribution in [3.05, 3.63) is 12.7 Å². The largest absolute Gasteiger partial charge is 0.282 e. The van der Waals surface area contributed by atoms with Crippen molar-refractivity contribution in [2.24, 2.45) is 16.7 Å². The van der Waals surface area contributed by atoms with Gasteiger partial charge >= 0.3 is 0 Å². The Morgan fingerprint density at radius 2 is 2.19 bits per heavy atom. The van der Waals surface area contributed by atoms with E-state index in [0.29, 0.717) is 18.1 Å². The van der Waals surface area contributed by atoms with Gasteiger partial charge in [0.25, 0.3) is 0 Å². The van der Waals surface area contributed by atoms with Gasteiger partial charge in [0, 0.05) is 11.8 Å². The van der Waals surface area contributed by atoms with Gasteiger partial charge in [0.2, 0.25) is 5.91 Å². The molecule has 2 N–H and O–H groups in total. The zero-order valence-corrected chi connectivity index (χ0v) is 13.9. The van der Waals surface area contributed by atoms with Gasteiger partial charge in [-0.15, -0.1) is 17.4 Å². The molecule has 3 atom stereocenters. The maximum atomic E-state index is 12.6. The van der Waals surface area contributed by atoms with Crippen molar-refractivity contribution in [1.82, 2.24) is 4.31 Å². The SMILES string of the molecule is C=CCCCC(=O)N1[C@H]2C[C@@H]3CC[C@@]2(CS1(O)O)C3(C)C. The molecule has 5 heteroatoms. The first-order valence-corrected chi connectivity index (χ1v) is 9.62. The van der Waals surface area contributed by atoms with E-state index < -0.39 is 10.8 Å². The molecule has 0 radical (unpaired) electrons. The second-order valence-electron chi connectivity index (χ2n) is 7.54. The quantitative estimate of drug-likeness (QED) is 0.608. The molecule has 1 aliphatic heterocycles.